The Hall–Kier alpha value is -1.61. The van der Waals surface area contributed by atoms with E-state index in [1.165, 1.54) is 12.0 Å². The van der Waals surface area contributed by atoms with Crippen LogP contribution in [0.25, 0.3) is 0 Å². The van der Waals surface area contributed by atoms with Crippen molar-refractivity contribution in [1.29, 1.82) is 0 Å². The van der Waals surface area contributed by atoms with Crippen molar-refractivity contribution in [1.82, 2.24) is 15.1 Å². The lowest BCUT2D eigenvalue weighted by Gasteiger charge is -2.13. The zero-order valence-corrected chi connectivity index (χ0v) is 10.9. The Morgan fingerprint density at radius 1 is 1.28 bits per heavy atom. The minimum absolute atomic E-state index is 0.372. The highest BCUT2D eigenvalue weighted by Gasteiger charge is 2.44. The SMILES string of the molecule is CNC(c1ccn(C)n1)C1CC1c1ccccc1. The van der Waals surface area contributed by atoms with E-state index in [1.54, 1.807) is 0 Å². The monoisotopic (exact) mass is 241 g/mol. The summed E-state index contributed by atoms with van der Waals surface area (Å²) in [7, 11) is 4.00. The molecule has 0 aliphatic heterocycles. The lowest BCUT2D eigenvalue weighted by Crippen LogP contribution is -2.19. The van der Waals surface area contributed by atoms with Crippen LogP contribution in [0, 0.1) is 5.92 Å². The van der Waals surface area contributed by atoms with Gasteiger partial charge < -0.3 is 5.32 Å². The molecule has 1 aromatic heterocycles. The molecule has 0 amide bonds. The Bertz CT molecular complexity index is 518. The number of nitrogens with zero attached hydrogens (tertiary/aromatic N) is 2. The smallest absolute Gasteiger partial charge is 0.0796 e. The van der Waals surface area contributed by atoms with E-state index in [0.29, 0.717) is 17.9 Å². The Kier molecular flexibility index (Phi) is 2.92. The van der Waals surface area contributed by atoms with Crippen LogP contribution in [0.4, 0.5) is 0 Å². The molecule has 1 N–H and O–H groups in total. The van der Waals surface area contributed by atoms with Crippen molar-refractivity contribution < 1.29 is 0 Å². The fourth-order valence-electron chi connectivity index (χ4n) is 2.85. The van der Waals surface area contributed by atoms with E-state index in [4.69, 9.17) is 0 Å². The van der Waals surface area contributed by atoms with Gasteiger partial charge in [-0.25, -0.2) is 0 Å². The molecule has 0 radical (unpaired) electrons. The minimum atomic E-state index is 0.372. The van der Waals surface area contributed by atoms with E-state index in [0.717, 1.165) is 5.69 Å². The Morgan fingerprint density at radius 2 is 2.06 bits per heavy atom. The van der Waals surface area contributed by atoms with Crippen LogP contribution in [0.2, 0.25) is 0 Å². The van der Waals surface area contributed by atoms with Gasteiger partial charge in [-0.15, -0.1) is 0 Å². The van der Waals surface area contributed by atoms with Gasteiger partial charge in [0, 0.05) is 13.2 Å². The van der Waals surface area contributed by atoms with Gasteiger partial charge in [-0.1, -0.05) is 30.3 Å². The molecule has 1 aliphatic carbocycles. The Labute approximate surface area is 108 Å². The summed E-state index contributed by atoms with van der Waals surface area (Å²) in [6.45, 7) is 0. The largest absolute Gasteiger partial charge is 0.311 e. The third-order valence-electron chi connectivity index (χ3n) is 3.86. The molecule has 0 spiro atoms. The summed E-state index contributed by atoms with van der Waals surface area (Å²) in [5.74, 6) is 1.36. The third-order valence-corrected chi connectivity index (χ3v) is 3.86. The van der Waals surface area contributed by atoms with Gasteiger partial charge in [-0.05, 0) is 36.9 Å². The molecular weight excluding hydrogens is 222 g/mol. The van der Waals surface area contributed by atoms with Crippen LogP contribution in [0.5, 0.6) is 0 Å². The van der Waals surface area contributed by atoms with Crippen molar-refractivity contribution in [3.63, 3.8) is 0 Å². The molecule has 1 aromatic carbocycles. The number of aryl methyl sites for hydroxylation is 1. The molecule has 94 valence electrons. The van der Waals surface area contributed by atoms with Crippen LogP contribution in [0.15, 0.2) is 42.6 Å². The zero-order valence-electron chi connectivity index (χ0n) is 10.9. The van der Waals surface area contributed by atoms with Gasteiger partial charge in [-0.3, -0.25) is 4.68 Å². The number of benzene rings is 1. The number of aromatic nitrogens is 2. The first-order valence-corrected chi connectivity index (χ1v) is 6.51. The minimum Gasteiger partial charge on any atom is -0.311 e. The van der Waals surface area contributed by atoms with Crippen molar-refractivity contribution in [3.8, 4) is 0 Å². The second kappa shape index (κ2) is 4.58. The molecule has 3 atom stereocenters. The highest BCUT2D eigenvalue weighted by molar-refractivity contribution is 5.28. The van der Waals surface area contributed by atoms with Crippen molar-refractivity contribution >= 4 is 0 Å². The van der Waals surface area contributed by atoms with Gasteiger partial charge in [0.05, 0.1) is 11.7 Å². The molecule has 1 saturated carbocycles. The van der Waals surface area contributed by atoms with Gasteiger partial charge in [0.2, 0.25) is 0 Å². The first-order valence-electron chi connectivity index (χ1n) is 6.51. The van der Waals surface area contributed by atoms with Gasteiger partial charge >= 0.3 is 0 Å². The summed E-state index contributed by atoms with van der Waals surface area (Å²) in [4.78, 5) is 0. The lowest BCUT2D eigenvalue weighted by molar-refractivity contribution is 0.498. The topological polar surface area (TPSA) is 29.9 Å². The fourth-order valence-corrected chi connectivity index (χ4v) is 2.85. The second-order valence-electron chi connectivity index (χ2n) is 5.10. The molecule has 1 aliphatic rings. The average molecular weight is 241 g/mol. The highest BCUT2D eigenvalue weighted by atomic mass is 15.3. The molecule has 1 fully saturated rings. The van der Waals surface area contributed by atoms with Crippen molar-refractivity contribution in [2.45, 2.75) is 18.4 Å². The molecular formula is C15H19N3. The summed E-state index contributed by atoms with van der Waals surface area (Å²) in [6.07, 6.45) is 3.27. The molecule has 0 saturated heterocycles. The van der Waals surface area contributed by atoms with E-state index in [9.17, 15) is 0 Å². The standard InChI is InChI=1S/C15H19N3/c1-16-15(14-8-9-18(2)17-14)13-10-12(13)11-6-4-3-5-7-11/h3-9,12-13,15-16H,10H2,1-2H3. The first kappa shape index (κ1) is 11.5. The van der Waals surface area contributed by atoms with E-state index < -0.39 is 0 Å². The average Bonchev–Trinajstić information content (AvgIpc) is 3.07. The molecule has 0 bridgehead atoms. The molecule has 18 heavy (non-hydrogen) atoms. The van der Waals surface area contributed by atoms with Crippen LogP contribution in [0.1, 0.15) is 29.6 Å². The van der Waals surface area contributed by atoms with Crippen LogP contribution in [0.3, 0.4) is 0 Å². The molecule has 3 unspecified atom stereocenters. The Morgan fingerprint density at radius 3 is 2.67 bits per heavy atom. The van der Waals surface area contributed by atoms with Gasteiger partial charge in [0.25, 0.3) is 0 Å². The summed E-state index contributed by atoms with van der Waals surface area (Å²) in [5, 5.41) is 7.94. The van der Waals surface area contributed by atoms with Crippen molar-refractivity contribution in [2.24, 2.45) is 13.0 Å². The number of rotatable bonds is 4. The molecule has 3 heteroatoms. The quantitative estimate of drug-likeness (QED) is 0.891. The molecule has 3 nitrogen and oxygen atoms in total. The predicted molar refractivity (Wildman–Crippen MR) is 72.3 cm³/mol. The zero-order chi connectivity index (χ0) is 12.5. The maximum absolute atomic E-state index is 4.53. The maximum Gasteiger partial charge on any atom is 0.0796 e. The summed E-state index contributed by atoms with van der Waals surface area (Å²) in [6, 6.07) is 13.3. The second-order valence-corrected chi connectivity index (χ2v) is 5.10. The lowest BCUT2D eigenvalue weighted by atomic mass is 10.0. The first-order chi connectivity index (χ1) is 8.79. The molecule has 1 heterocycles. The van der Waals surface area contributed by atoms with Crippen molar-refractivity contribution in [3.05, 3.63) is 53.9 Å². The number of hydrogen-bond donors (Lipinski definition) is 1. The van der Waals surface area contributed by atoms with E-state index in [1.807, 2.05) is 25.0 Å². The molecule has 2 aromatic rings. The van der Waals surface area contributed by atoms with Crippen molar-refractivity contribution in [2.75, 3.05) is 7.05 Å². The maximum atomic E-state index is 4.53. The van der Waals surface area contributed by atoms with Crippen LogP contribution >= 0.6 is 0 Å². The number of hydrogen-bond acceptors (Lipinski definition) is 2. The third kappa shape index (κ3) is 2.06. The summed E-state index contributed by atoms with van der Waals surface area (Å²) < 4.78 is 1.87. The Balaban J connectivity index is 1.76. The van der Waals surface area contributed by atoms with Crippen LogP contribution in [-0.4, -0.2) is 16.8 Å². The highest BCUT2D eigenvalue weighted by Crippen LogP contribution is 2.53. The number of nitrogens with one attached hydrogen (secondary N) is 1. The van der Waals surface area contributed by atoms with Gasteiger partial charge in [0.1, 0.15) is 0 Å². The molecule has 3 rings (SSSR count). The normalized spacial score (nSPS) is 23.9. The van der Waals surface area contributed by atoms with E-state index in [2.05, 4.69) is 46.8 Å². The van der Waals surface area contributed by atoms with E-state index in [-0.39, 0.29) is 0 Å². The van der Waals surface area contributed by atoms with Gasteiger partial charge in [-0.2, -0.15) is 5.10 Å². The van der Waals surface area contributed by atoms with Crippen LogP contribution < -0.4 is 5.32 Å². The van der Waals surface area contributed by atoms with Gasteiger partial charge in [0.15, 0.2) is 0 Å². The van der Waals surface area contributed by atoms with E-state index >= 15 is 0 Å². The summed E-state index contributed by atoms with van der Waals surface area (Å²) >= 11 is 0. The van der Waals surface area contributed by atoms with Crippen LogP contribution in [-0.2, 0) is 7.05 Å². The predicted octanol–water partition coefficient (Wildman–Crippen LogP) is 2.48. The summed E-state index contributed by atoms with van der Waals surface area (Å²) in [5.41, 5.74) is 2.61. The fraction of sp³-hybridized carbons (Fsp3) is 0.400.